The van der Waals surface area contributed by atoms with E-state index in [2.05, 4.69) is 35.8 Å². The van der Waals surface area contributed by atoms with Gasteiger partial charge in [0.05, 0.1) is 7.11 Å². The number of nitrogens with zero attached hydrogens (tertiary/aromatic N) is 1. The van der Waals surface area contributed by atoms with Crippen LogP contribution in [-0.4, -0.2) is 30.3 Å². The van der Waals surface area contributed by atoms with Crippen molar-refractivity contribution in [1.82, 2.24) is 4.98 Å². The van der Waals surface area contributed by atoms with Gasteiger partial charge in [-0.05, 0) is 58.5 Å². The van der Waals surface area contributed by atoms with Crippen LogP contribution in [0.3, 0.4) is 0 Å². The van der Waals surface area contributed by atoms with E-state index >= 15 is 4.39 Å². The lowest BCUT2D eigenvalue weighted by molar-refractivity contribution is -0.274. The predicted octanol–water partition coefficient (Wildman–Crippen LogP) is 7.24. The quantitative estimate of drug-likeness (QED) is 0.207. The van der Waals surface area contributed by atoms with Gasteiger partial charge in [-0.2, -0.15) is 0 Å². The maximum Gasteiger partial charge on any atom is 0.573 e. The monoisotopic (exact) mass is 597 g/mol. The molecule has 3 aromatic carbocycles. The van der Waals surface area contributed by atoms with E-state index in [4.69, 9.17) is 15.2 Å². The van der Waals surface area contributed by atoms with Crippen molar-refractivity contribution in [3.8, 4) is 34.1 Å². The molecule has 0 bridgehead atoms. The van der Waals surface area contributed by atoms with Gasteiger partial charge < -0.3 is 25.3 Å². The number of aromatic nitrogens is 1. The highest BCUT2D eigenvalue weighted by molar-refractivity contribution is 6.07. The van der Waals surface area contributed by atoms with Gasteiger partial charge in [-0.15, -0.1) is 13.2 Å². The number of nitrogens with two attached hydrogens (primary N) is 1. The Hall–Kier alpha value is -5.13. The van der Waals surface area contributed by atoms with Gasteiger partial charge in [0.2, 0.25) is 0 Å². The first-order chi connectivity index (χ1) is 20.1. The molecular formula is C31H27F4N3O5. The number of hydrogen-bond donors (Lipinski definition) is 2. The zero-order chi connectivity index (χ0) is 31.5. The summed E-state index contributed by atoms with van der Waals surface area (Å²) in [6.45, 7) is 6.15. The molecule has 0 aliphatic heterocycles. The predicted molar refractivity (Wildman–Crippen MR) is 151 cm³/mol. The number of carbonyl (C=O) groups excluding carboxylic acids is 2. The van der Waals surface area contributed by atoms with E-state index in [1.807, 2.05) is 12.1 Å². The fraction of sp³-hybridized carbons (Fsp3) is 0.194. The van der Waals surface area contributed by atoms with Crippen LogP contribution in [0.5, 0.6) is 23.0 Å². The van der Waals surface area contributed by atoms with E-state index in [1.165, 1.54) is 31.5 Å². The Kier molecular flexibility index (Phi) is 8.60. The summed E-state index contributed by atoms with van der Waals surface area (Å²) in [6.07, 6.45) is -3.71. The van der Waals surface area contributed by atoms with Crippen molar-refractivity contribution in [1.29, 1.82) is 0 Å². The zero-order valence-corrected chi connectivity index (χ0v) is 23.5. The van der Waals surface area contributed by atoms with Crippen molar-refractivity contribution in [2.75, 3.05) is 12.4 Å². The van der Waals surface area contributed by atoms with E-state index in [0.29, 0.717) is 11.1 Å². The van der Waals surface area contributed by atoms with Crippen LogP contribution in [0, 0.1) is 5.82 Å². The van der Waals surface area contributed by atoms with E-state index in [1.54, 1.807) is 12.1 Å². The second-order valence-electron chi connectivity index (χ2n) is 10.4. The number of alkyl halides is 3. The number of halogens is 4. The van der Waals surface area contributed by atoms with Crippen molar-refractivity contribution in [2.45, 2.75) is 32.5 Å². The number of hydrogen-bond acceptors (Lipinski definition) is 6. The van der Waals surface area contributed by atoms with Crippen LogP contribution in [0.25, 0.3) is 11.1 Å². The van der Waals surface area contributed by atoms with Gasteiger partial charge in [-0.25, -0.2) is 4.39 Å². The van der Waals surface area contributed by atoms with Crippen molar-refractivity contribution in [2.24, 2.45) is 5.73 Å². The summed E-state index contributed by atoms with van der Waals surface area (Å²) >= 11 is 0. The van der Waals surface area contributed by atoms with E-state index in [-0.39, 0.29) is 34.0 Å². The molecule has 224 valence electrons. The number of primary amides is 1. The smallest absolute Gasteiger partial charge is 0.493 e. The van der Waals surface area contributed by atoms with Gasteiger partial charge >= 0.3 is 6.36 Å². The van der Waals surface area contributed by atoms with E-state index < -0.39 is 35.3 Å². The summed E-state index contributed by atoms with van der Waals surface area (Å²) in [5.74, 6) is -3.86. The molecule has 0 atom stereocenters. The van der Waals surface area contributed by atoms with Crippen LogP contribution in [0.15, 0.2) is 72.9 Å². The molecule has 4 rings (SSSR count). The van der Waals surface area contributed by atoms with Gasteiger partial charge in [0, 0.05) is 18.0 Å². The van der Waals surface area contributed by atoms with Gasteiger partial charge in [0.1, 0.15) is 28.6 Å². The molecule has 1 heterocycles. The number of rotatable bonds is 8. The molecule has 0 radical (unpaired) electrons. The van der Waals surface area contributed by atoms with Gasteiger partial charge in [-0.3, -0.25) is 14.6 Å². The average Bonchev–Trinajstić information content (AvgIpc) is 2.92. The lowest BCUT2D eigenvalue weighted by Gasteiger charge is -2.20. The molecule has 1 aromatic heterocycles. The van der Waals surface area contributed by atoms with Gasteiger partial charge in [0.15, 0.2) is 11.5 Å². The minimum Gasteiger partial charge on any atom is -0.493 e. The number of methoxy groups -OCH3 is 1. The van der Waals surface area contributed by atoms with Gasteiger partial charge in [-0.1, -0.05) is 45.0 Å². The summed E-state index contributed by atoms with van der Waals surface area (Å²) in [5.41, 5.74) is 6.61. The van der Waals surface area contributed by atoms with E-state index in [9.17, 15) is 22.8 Å². The molecule has 2 amide bonds. The number of pyridine rings is 1. The highest BCUT2D eigenvalue weighted by Crippen LogP contribution is 2.40. The normalized spacial score (nSPS) is 11.5. The number of carbonyl (C=O) groups is 2. The highest BCUT2D eigenvalue weighted by atomic mass is 19.4. The molecule has 0 aliphatic carbocycles. The number of benzene rings is 3. The Labute approximate surface area is 244 Å². The molecule has 0 saturated carbocycles. The van der Waals surface area contributed by atoms with Crippen LogP contribution >= 0.6 is 0 Å². The molecule has 43 heavy (non-hydrogen) atoms. The topological polar surface area (TPSA) is 113 Å². The Morgan fingerprint density at radius 3 is 2.16 bits per heavy atom. The first kappa shape index (κ1) is 30.8. The lowest BCUT2D eigenvalue weighted by Crippen LogP contribution is -2.17. The third-order valence-corrected chi connectivity index (χ3v) is 6.22. The molecule has 0 aliphatic rings. The summed E-state index contributed by atoms with van der Waals surface area (Å²) in [4.78, 5) is 28.7. The fourth-order valence-electron chi connectivity index (χ4n) is 4.10. The Morgan fingerprint density at radius 1 is 0.860 bits per heavy atom. The van der Waals surface area contributed by atoms with Crippen LogP contribution in [0.2, 0.25) is 0 Å². The van der Waals surface area contributed by atoms with Crippen molar-refractivity contribution in [3.05, 3.63) is 95.6 Å². The first-order valence-electron chi connectivity index (χ1n) is 12.8. The number of anilines is 1. The third kappa shape index (κ3) is 7.59. The molecule has 8 nitrogen and oxygen atoms in total. The van der Waals surface area contributed by atoms with Crippen molar-refractivity contribution >= 4 is 17.5 Å². The Morgan fingerprint density at radius 2 is 1.56 bits per heavy atom. The molecule has 0 fully saturated rings. The fourth-order valence-corrected chi connectivity index (χ4v) is 4.10. The van der Waals surface area contributed by atoms with E-state index in [0.717, 1.165) is 29.8 Å². The highest BCUT2D eigenvalue weighted by Gasteiger charge is 2.31. The maximum atomic E-state index is 15.8. The third-order valence-electron chi connectivity index (χ3n) is 6.22. The first-order valence-corrected chi connectivity index (χ1v) is 12.8. The standard InChI is InChI=1S/C31H27F4N3O5/c1-30(2,3)19-7-5-17(6-8-19)18-13-22(32)27(29(40)38-20-11-12-37-23(15-20)28(36)39)26(14-18)42-24-10-9-21(16-25(24)41-4)43-31(33,34)35/h5-16H,1-4H3,(H2,36,39)(H,37,38,40). The van der Waals surface area contributed by atoms with Crippen molar-refractivity contribution in [3.63, 3.8) is 0 Å². The molecule has 3 N–H and O–H groups in total. The molecular weight excluding hydrogens is 570 g/mol. The number of ether oxygens (including phenoxy) is 3. The molecule has 0 saturated heterocycles. The second-order valence-corrected chi connectivity index (χ2v) is 10.4. The molecule has 12 heteroatoms. The number of nitrogens with one attached hydrogen (secondary N) is 1. The minimum absolute atomic E-state index is 0.104. The minimum atomic E-state index is -4.94. The Balaban J connectivity index is 1.79. The summed E-state index contributed by atoms with van der Waals surface area (Å²) in [7, 11) is 1.20. The molecule has 0 unspecified atom stereocenters. The summed E-state index contributed by atoms with van der Waals surface area (Å²) < 4.78 is 69.0. The van der Waals surface area contributed by atoms with Gasteiger partial charge in [0.25, 0.3) is 11.8 Å². The second kappa shape index (κ2) is 12.0. The largest absolute Gasteiger partial charge is 0.573 e. The van der Waals surface area contributed by atoms with Crippen LogP contribution < -0.4 is 25.3 Å². The molecule has 0 spiro atoms. The van der Waals surface area contributed by atoms with Crippen LogP contribution in [0.4, 0.5) is 23.2 Å². The van der Waals surface area contributed by atoms with Crippen molar-refractivity contribution < 1.29 is 41.4 Å². The molecule has 4 aromatic rings. The summed E-state index contributed by atoms with van der Waals surface area (Å²) in [5, 5.41) is 2.48. The lowest BCUT2D eigenvalue weighted by atomic mass is 9.86. The maximum absolute atomic E-state index is 15.8. The summed E-state index contributed by atoms with van der Waals surface area (Å²) in [6, 6.07) is 15.6. The zero-order valence-electron chi connectivity index (χ0n) is 23.5. The van der Waals surface area contributed by atoms with Crippen LogP contribution in [0.1, 0.15) is 47.2 Å². The van der Waals surface area contributed by atoms with Crippen LogP contribution in [-0.2, 0) is 5.41 Å². The number of amides is 2. The Bertz CT molecular complexity index is 1670. The average molecular weight is 598 g/mol. The SMILES string of the molecule is COc1cc(OC(F)(F)F)ccc1Oc1cc(-c2ccc(C(C)(C)C)cc2)cc(F)c1C(=O)Nc1ccnc(C(N)=O)c1.